The lowest BCUT2D eigenvalue weighted by atomic mass is 9.94. The number of hydrogen-bond donors (Lipinski definition) is 1. The summed E-state index contributed by atoms with van der Waals surface area (Å²) >= 11 is 1.35. The van der Waals surface area contributed by atoms with Crippen molar-refractivity contribution >= 4 is 44.1 Å². The standard InChI is InChI=1S/C35H36N2O6S/c1-6-8-13-42-26-12-9-22(18-27(26)41-7-2)31-29(32(38)23-10-11-25-24(17-23)16-21(5)43-25)33(39)34(40)37(31)35-36-30-20(4)14-19(3)15-28(30)44-35/h9-12,14-15,17-18,21,31,38H,6-8,13,16H2,1-5H3/t21-,31+/m0/s1. The highest BCUT2D eigenvalue weighted by Crippen LogP contribution is 2.46. The van der Waals surface area contributed by atoms with E-state index in [1.54, 1.807) is 24.3 Å². The maximum atomic E-state index is 13.9. The molecule has 1 aromatic heterocycles. The van der Waals surface area contributed by atoms with E-state index in [-0.39, 0.29) is 17.4 Å². The van der Waals surface area contributed by atoms with Gasteiger partial charge in [0.1, 0.15) is 17.6 Å². The molecule has 9 heteroatoms. The third kappa shape index (κ3) is 5.30. The van der Waals surface area contributed by atoms with Crippen LogP contribution in [0.1, 0.15) is 67.5 Å². The molecule has 1 amide bonds. The van der Waals surface area contributed by atoms with E-state index in [1.165, 1.54) is 16.2 Å². The van der Waals surface area contributed by atoms with E-state index in [9.17, 15) is 14.7 Å². The lowest BCUT2D eigenvalue weighted by Gasteiger charge is -2.24. The van der Waals surface area contributed by atoms with Gasteiger partial charge in [-0.2, -0.15) is 0 Å². The third-order valence-corrected chi connectivity index (χ3v) is 8.98. The van der Waals surface area contributed by atoms with Crippen LogP contribution in [-0.4, -0.2) is 41.1 Å². The van der Waals surface area contributed by atoms with Crippen LogP contribution >= 0.6 is 11.3 Å². The van der Waals surface area contributed by atoms with Crippen LogP contribution in [0.2, 0.25) is 0 Å². The Morgan fingerprint density at radius 1 is 1.07 bits per heavy atom. The quantitative estimate of drug-likeness (QED) is 0.0908. The van der Waals surface area contributed by atoms with Crippen LogP contribution in [0.25, 0.3) is 16.0 Å². The van der Waals surface area contributed by atoms with Gasteiger partial charge in [-0.15, -0.1) is 0 Å². The number of unbranched alkanes of at least 4 members (excludes halogenated alkanes) is 1. The van der Waals surface area contributed by atoms with Crippen LogP contribution in [0.15, 0.2) is 54.1 Å². The van der Waals surface area contributed by atoms with E-state index < -0.39 is 17.7 Å². The number of aliphatic hydroxyl groups is 1. The zero-order chi connectivity index (χ0) is 31.1. The average molecular weight is 613 g/mol. The van der Waals surface area contributed by atoms with Crippen molar-refractivity contribution in [1.29, 1.82) is 0 Å². The molecule has 1 fully saturated rings. The van der Waals surface area contributed by atoms with Gasteiger partial charge in [0.05, 0.1) is 35.0 Å². The number of rotatable bonds is 9. The number of carbonyl (C=O) groups excluding carboxylic acids is 2. The smallest absolute Gasteiger partial charge is 0.301 e. The largest absolute Gasteiger partial charge is 0.507 e. The lowest BCUT2D eigenvalue weighted by molar-refractivity contribution is -0.132. The summed E-state index contributed by atoms with van der Waals surface area (Å²) in [5.41, 5.74) is 4.83. The minimum absolute atomic E-state index is 0.00354. The van der Waals surface area contributed by atoms with Gasteiger partial charge < -0.3 is 19.3 Å². The van der Waals surface area contributed by atoms with Crippen LogP contribution in [0, 0.1) is 13.8 Å². The SMILES string of the molecule is CCCCOc1ccc([C@@H]2C(=C(O)c3ccc4c(c3)C[C@H](C)O4)C(=O)C(=O)N2c2nc3c(C)cc(C)cc3s2)cc1OCC. The zero-order valence-corrected chi connectivity index (χ0v) is 26.4. The van der Waals surface area contributed by atoms with Gasteiger partial charge in [-0.25, -0.2) is 4.98 Å². The zero-order valence-electron chi connectivity index (χ0n) is 25.6. The number of ketones is 1. The lowest BCUT2D eigenvalue weighted by Crippen LogP contribution is -2.29. The highest BCUT2D eigenvalue weighted by Gasteiger charge is 2.48. The van der Waals surface area contributed by atoms with Crippen molar-refractivity contribution in [2.45, 2.75) is 66.0 Å². The predicted molar refractivity (Wildman–Crippen MR) is 172 cm³/mol. The Morgan fingerprint density at radius 3 is 2.66 bits per heavy atom. The van der Waals surface area contributed by atoms with Crippen molar-refractivity contribution < 1.29 is 28.9 Å². The molecule has 2 atom stereocenters. The molecular formula is C35H36N2O6S. The van der Waals surface area contributed by atoms with E-state index in [2.05, 4.69) is 6.92 Å². The van der Waals surface area contributed by atoms with Crippen LogP contribution in [0.4, 0.5) is 5.13 Å². The molecule has 3 heterocycles. The Labute approximate surface area is 260 Å². The second-order valence-electron chi connectivity index (χ2n) is 11.4. The summed E-state index contributed by atoms with van der Waals surface area (Å²) in [7, 11) is 0. The van der Waals surface area contributed by atoms with Crippen LogP contribution in [0.5, 0.6) is 17.2 Å². The number of fused-ring (bicyclic) bond motifs is 2. The van der Waals surface area contributed by atoms with Gasteiger partial charge in [-0.3, -0.25) is 14.5 Å². The van der Waals surface area contributed by atoms with Crippen molar-refractivity contribution in [3.05, 3.63) is 81.9 Å². The van der Waals surface area contributed by atoms with Gasteiger partial charge in [0, 0.05) is 12.0 Å². The molecule has 228 valence electrons. The second-order valence-corrected chi connectivity index (χ2v) is 12.4. The number of ether oxygens (including phenoxy) is 3. The second kappa shape index (κ2) is 12.0. The van der Waals surface area contributed by atoms with E-state index in [0.29, 0.717) is 47.4 Å². The third-order valence-electron chi connectivity index (χ3n) is 7.98. The molecule has 0 spiro atoms. The highest BCUT2D eigenvalue weighted by molar-refractivity contribution is 7.22. The Bertz CT molecular complexity index is 1810. The fourth-order valence-corrected chi connectivity index (χ4v) is 7.11. The summed E-state index contributed by atoms with van der Waals surface area (Å²) < 4.78 is 18.7. The van der Waals surface area contributed by atoms with Crippen LogP contribution < -0.4 is 19.1 Å². The summed E-state index contributed by atoms with van der Waals surface area (Å²) in [6.07, 6.45) is 2.60. The van der Waals surface area contributed by atoms with Crippen molar-refractivity contribution in [2.75, 3.05) is 18.1 Å². The number of aryl methyl sites for hydroxylation is 2. The fraction of sp³-hybridized carbons (Fsp3) is 0.343. The summed E-state index contributed by atoms with van der Waals surface area (Å²) in [4.78, 5) is 34.0. The summed E-state index contributed by atoms with van der Waals surface area (Å²) in [5, 5.41) is 12.1. The molecule has 8 nitrogen and oxygen atoms in total. The van der Waals surface area contributed by atoms with Gasteiger partial charge in [-0.05, 0) is 92.8 Å². The molecule has 4 aromatic rings. The first-order valence-electron chi connectivity index (χ1n) is 15.1. The summed E-state index contributed by atoms with van der Waals surface area (Å²) in [5.74, 6) is 0.0834. The number of thiazole rings is 1. The molecule has 2 aliphatic rings. The van der Waals surface area contributed by atoms with Crippen molar-refractivity contribution in [3.63, 3.8) is 0 Å². The maximum Gasteiger partial charge on any atom is 0.301 e. The number of carbonyl (C=O) groups is 2. The molecule has 1 N–H and O–H groups in total. The van der Waals surface area contributed by atoms with E-state index in [4.69, 9.17) is 19.2 Å². The van der Waals surface area contributed by atoms with Crippen LogP contribution in [0.3, 0.4) is 0 Å². The number of aliphatic hydroxyl groups excluding tert-OH is 1. The Balaban J connectivity index is 1.53. The summed E-state index contributed by atoms with van der Waals surface area (Å²) in [6, 6.07) is 13.9. The minimum atomic E-state index is -0.940. The van der Waals surface area contributed by atoms with Crippen LogP contribution in [-0.2, 0) is 16.0 Å². The Morgan fingerprint density at radius 2 is 1.89 bits per heavy atom. The molecule has 6 rings (SSSR count). The molecule has 3 aromatic carbocycles. The monoisotopic (exact) mass is 612 g/mol. The number of Topliss-reactive ketones (excluding diaryl/α,β-unsaturated/α-hetero) is 1. The normalized spacial score (nSPS) is 19.0. The molecule has 0 saturated carbocycles. The molecule has 44 heavy (non-hydrogen) atoms. The number of hydrogen-bond acceptors (Lipinski definition) is 8. The summed E-state index contributed by atoms with van der Waals surface area (Å²) in [6.45, 7) is 10.9. The molecule has 0 bridgehead atoms. The van der Waals surface area contributed by atoms with Gasteiger partial charge in [-0.1, -0.05) is 36.8 Å². The molecule has 1 saturated heterocycles. The number of nitrogens with zero attached hydrogens (tertiary/aromatic N) is 2. The number of amides is 1. The molecular weight excluding hydrogens is 576 g/mol. The number of anilines is 1. The first kappa shape index (κ1) is 29.7. The van der Waals surface area contributed by atoms with Gasteiger partial charge in [0.25, 0.3) is 5.78 Å². The highest BCUT2D eigenvalue weighted by atomic mass is 32.1. The van der Waals surface area contributed by atoms with Gasteiger partial charge >= 0.3 is 5.91 Å². The van der Waals surface area contributed by atoms with E-state index in [0.717, 1.165) is 45.5 Å². The van der Waals surface area contributed by atoms with E-state index in [1.807, 2.05) is 52.0 Å². The molecule has 0 aliphatic carbocycles. The average Bonchev–Trinajstić information content (AvgIpc) is 3.66. The van der Waals surface area contributed by atoms with Crippen molar-refractivity contribution in [3.8, 4) is 17.2 Å². The minimum Gasteiger partial charge on any atom is -0.507 e. The topological polar surface area (TPSA) is 98.2 Å². The molecule has 0 unspecified atom stereocenters. The molecule has 0 radical (unpaired) electrons. The first-order chi connectivity index (χ1) is 21.2. The Kier molecular flexibility index (Phi) is 8.07. The molecule has 2 aliphatic heterocycles. The van der Waals surface area contributed by atoms with Gasteiger partial charge in [0.15, 0.2) is 16.6 Å². The first-order valence-corrected chi connectivity index (χ1v) is 15.9. The maximum absolute atomic E-state index is 13.9. The van der Waals surface area contributed by atoms with E-state index >= 15 is 0 Å². The van der Waals surface area contributed by atoms with Crippen molar-refractivity contribution in [2.24, 2.45) is 0 Å². The number of benzene rings is 3. The Hall–Kier alpha value is -4.37. The van der Waals surface area contributed by atoms with Crippen molar-refractivity contribution in [1.82, 2.24) is 4.98 Å². The number of aromatic nitrogens is 1. The predicted octanol–water partition coefficient (Wildman–Crippen LogP) is 7.44. The fourth-order valence-electron chi connectivity index (χ4n) is 5.94. The van der Waals surface area contributed by atoms with Gasteiger partial charge in [0.2, 0.25) is 0 Å².